The lowest BCUT2D eigenvalue weighted by molar-refractivity contribution is -0.123. The lowest BCUT2D eigenvalue weighted by Gasteiger charge is -2.19. The first-order chi connectivity index (χ1) is 35.7. The van der Waals surface area contributed by atoms with Crippen molar-refractivity contribution in [2.75, 3.05) is 6.61 Å². The number of rotatable bonds is 52. The van der Waals surface area contributed by atoms with Gasteiger partial charge in [0.15, 0.2) is 0 Å². The molecule has 0 saturated carbocycles. The predicted octanol–water partition coefficient (Wildman–Crippen LogP) is 20.1. The molecule has 0 heterocycles. The van der Waals surface area contributed by atoms with Crippen LogP contribution < -0.4 is 5.32 Å². The molecule has 2 unspecified atom stereocenters. The van der Waals surface area contributed by atoms with Crippen molar-refractivity contribution in [3.8, 4) is 0 Å². The number of aliphatic hydroxyl groups excluding tert-OH is 2. The minimum absolute atomic E-state index is 0.0908. The Kier molecular flexibility index (Phi) is 57.9. The van der Waals surface area contributed by atoms with E-state index >= 15 is 0 Å². The third-order valence-electron chi connectivity index (χ3n) is 12.5. The van der Waals surface area contributed by atoms with Gasteiger partial charge in [-0.3, -0.25) is 4.79 Å². The first-order valence-electron chi connectivity index (χ1n) is 29.7. The lowest BCUT2D eigenvalue weighted by atomic mass is 10.0. The molecule has 0 aliphatic rings. The highest BCUT2D eigenvalue weighted by molar-refractivity contribution is 5.76. The van der Waals surface area contributed by atoms with Crippen LogP contribution in [0.3, 0.4) is 0 Å². The highest BCUT2D eigenvalue weighted by Gasteiger charge is 2.17. The van der Waals surface area contributed by atoms with Crippen LogP contribution in [0.15, 0.2) is 158 Å². The number of unbranched alkanes of at least 4 members (excludes halogenated alkanes) is 21. The van der Waals surface area contributed by atoms with Gasteiger partial charge >= 0.3 is 0 Å². The molecule has 0 fully saturated rings. The quantitative estimate of drug-likeness (QED) is 0.0420. The molecule has 1 amide bonds. The third kappa shape index (κ3) is 56.9. The summed E-state index contributed by atoms with van der Waals surface area (Å²) in [4.78, 5) is 12.5. The topological polar surface area (TPSA) is 69.6 Å². The van der Waals surface area contributed by atoms with Crippen molar-refractivity contribution < 1.29 is 15.0 Å². The van der Waals surface area contributed by atoms with E-state index in [9.17, 15) is 15.0 Å². The number of carbonyl (C=O) groups is 1. The monoisotopic (exact) mass is 990 g/mol. The van der Waals surface area contributed by atoms with E-state index in [0.717, 1.165) is 116 Å². The summed E-state index contributed by atoms with van der Waals surface area (Å²) in [5.74, 6) is -0.0908. The highest BCUT2D eigenvalue weighted by atomic mass is 16.3. The molecule has 0 spiro atoms. The second-order valence-corrected chi connectivity index (χ2v) is 19.3. The standard InChI is InChI=1S/C68H111NO3/c1-3-5-7-9-11-13-15-17-19-21-23-24-25-26-27-28-29-30-31-32-33-34-35-36-37-38-39-40-41-42-43-44-46-48-50-52-54-56-58-60-62-64-68(72)69-66(65-70)67(71)63-61-59-57-55-53-51-49-47-45-22-20-18-16-14-12-10-8-6-4-2/h5,7,11,13,17,19,23-24,26-27,29-30,32-33,35-36,38-39,41-42,44,46,53,55,61,63,66-67,70-71H,3-4,6,8-10,12,14-16,18,20-22,25,28,31,34,37,40,43,45,47-52,54,56-60,62,64-65H2,1-2H3,(H,69,72)/b7-5-,13-11-,19-17-,24-23-,27-26-,30-29-,33-32-,36-35-,39-38-,42-41-,46-44-,55-53+,63-61+. The molecular formula is C68H111NO3. The minimum atomic E-state index is -0.878. The Hall–Kier alpha value is -3.99. The number of hydrogen-bond donors (Lipinski definition) is 3. The molecule has 0 bridgehead atoms. The maximum Gasteiger partial charge on any atom is 0.220 e. The smallest absolute Gasteiger partial charge is 0.220 e. The normalized spacial score (nSPS) is 14.0. The Morgan fingerprint density at radius 1 is 0.347 bits per heavy atom. The van der Waals surface area contributed by atoms with Gasteiger partial charge in [-0.1, -0.05) is 281 Å². The van der Waals surface area contributed by atoms with Crippen LogP contribution in [0.2, 0.25) is 0 Å². The summed E-state index contributed by atoms with van der Waals surface area (Å²) in [6.45, 7) is 4.18. The Balaban J connectivity index is 3.68. The van der Waals surface area contributed by atoms with Gasteiger partial charge in [-0.25, -0.2) is 0 Å². The van der Waals surface area contributed by atoms with Crippen LogP contribution in [0.5, 0.6) is 0 Å². The van der Waals surface area contributed by atoms with Crippen LogP contribution in [-0.4, -0.2) is 34.9 Å². The molecule has 4 nitrogen and oxygen atoms in total. The molecule has 72 heavy (non-hydrogen) atoms. The van der Waals surface area contributed by atoms with E-state index in [0.29, 0.717) is 6.42 Å². The SMILES string of the molecule is CC/C=C\C/C=C\C/C=C\C/C=C\C/C=C\C/C=C\C/C=C\C/C=C\C/C=C\C/C=C\C/C=C\CCCCCCCCCC(=O)NC(CO)C(O)/C=C/CC/C=C/CCCCCCCCCCCCCCC. The maximum atomic E-state index is 12.5. The fourth-order valence-corrected chi connectivity index (χ4v) is 8.02. The van der Waals surface area contributed by atoms with Crippen LogP contribution in [0.4, 0.5) is 0 Å². The zero-order valence-electron chi connectivity index (χ0n) is 46.6. The number of nitrogens with one attached hydrogen (secondary N) is 1. The number of carbonyl (C=O) groups excluding carboxylic acids is 1. The largest absolute Gasteiger partial charge is 0.394 e. The van der Waals surface area contributed by atoms with E-state index in [-0.39, 0.29) is 12.5 Å². The van der Waals surface area contributed by atoms with Crippen molar-refractivity contribution in [2.24, 2.45) is 0 Å². The molecule has 0 aliphatic carbocycles. The average Bonchev–Trinajstić information content (AvgIpc) is 3.39. The van der Waals surface area contributed by atoms with Gasteiger partial charge in [0.05, 0.1) is 18.8 Å². The summed E-state index contributed by atoms with van der Waals surface area (Å²) in [6.07, 6.45) is 98.3. The molecular weight excluding hydrogens is 879 g/mol. The molecule has 3 N–H and O–H groups in total. The van der Waals surface area contributed by atoms with Gasteiger partial charge in [0.25, 0.3) is 0 Å². The van der Waals surface area contributed by atoms with Gasteiger partial charge in [0.1, 0.15) is 0 Å². The second-order valence-electron chi connectivity index (χ2n) is 19.3. The van der Waals surface area contributed by atoms with E-state index < -0.39 is 12.1 Å². The molecule has 0 aromatic heterocycles. The fourth-order valence-electron chi connectivity index (χ4n) is 8.02. The molecule has 0 aromatic rings. The third-order valence-corrected chi connectivity index (χ3v) is 12.5. The van der Waals surface area contributed by atoms with Crippen molar-refractivity contribution in [1.82, 2.24) is 5.32 Å². The minimum Gasteiger partial charge on any atom is -0.394 e. The van der Waals surface area contributed by atoms with Crippen LogP contribution in [0.1, 0.15) is 245 Å². The van der Waals surface area contributed by atoms with Crippen LogP contribution in [0.25, 0.3) is 0 Å². The van der Waals surface area contributed by atoms with E-state index in [4.69, 9.17) is 0 Å². The van der Waals surface area contributed by atoms with Gasteiger partial charge in [0.2, 0.25) is 5.91 Å². The molecule has 0 aliphatic heterocycles. The Bertz CT molecular complexity index is 1540. The van der Waals surface area contributed by atoms with Gasteiger partial charge in [-0.15, -0.1) is 0 Å². The van der Waals surface area contributed by atoms with Crippen molar-refractivity contribution in [1.29, 1.82) is 0 Å². The molecule has 4 heteroatoms. The maximum absolute atomic E-state index is 12.5. The van der Waals surface area contributed by atoms with E-state index in [1.54, 1.807) is 6.08 Å². The Labute approximate surface area is 446 Å². The Morgan fingerprint density at radius 3 is 0.972 bits per heavy atom. The van der Waals surface area contributed by atoms with Crippen LogP contribution in [-0.2, 0) is 4.79 Å². The van der Waals surface area contributed by atoms with Crippen molar-refractivity contribution >= 4 is 5.91 Å². The van der Waals surface area contributed by atoms with Gasteiger partial charge in [0, 0.05) is 6.42 Å². The highest BCUT2D eigenvalue weighted by Crippen LogP contribution is 2.14. The molecule has 2 atom stereocenters. The van der Waals surface area contributed by atoms with Crippen LogP contribution >= 0.6 is 0 Å². The molecule has 0 radical (unpaired) electrons. The van der Waals surface area contributed by atoms with E-state index in [1.807, 2.05) is 6.08 Å². The first-order valence-corrected chi connectivity index (χ1v) is 29.7. The second kappa shape index (κ2) is 61.3. The summed E-state index contributed by atoms with van der Waals surface area (Å²) in [5, 5.41) is 23.1. The summed E-state index contributed by atoms with van der Waals surface area (Å²) in [5.41, 5.74) is 0. The molecule has 0 aromatic carbocycles. The number of amides is 1. The molecule has 0 rings (SSSR count). The molecule has 406 valence electrons. The number of allylic oxidation sites excluding steroid dienone is 25. The van der Waals surface area contributed by atoms with E-state index in [2.05, 4.69) is 165 Å². The summed E-state index contributed by atoms with van der Waals surface area (Å²) in [6, 6.07) is -0.657. The Morgan fingerprint density at radius 2 is 0.625 bits per heavy atom. The molecule has 0 saturated heterocycles. The zero-order chi connectivity index (χ0) is 52.0. The number of hydrogen-bond acceptors (Lipinski definition) is 3. The lowest BCUT2D eigenvalue weighted by Crippen LogP contribution is -2.45. The number of aliphatic hydroxyl groups is 2. The summed E-state index contributed by atoms with van der Waals surface area (Å²) in [7, 11) is 0. The summed E-state index contributed by atoms with van der Waals surface area (Å²) >= 11 is 0. The van der Waals surface area contributed by atoms with Crippen molar-refractivity contribution in [2.45, 2.75) is 257 Å². The van der Waals surface area contributed by atoms with Crippen molar-refractivity contribution in [3.05, 3.63) is 158 Å². The van der Waals surface area contributed by atoms with Gasteiger partial charge in [-0.2, -0.15) is 0 Å². The average molecular weight is 991 g/mol. The predicted molar refractivity (Wildman–Crippen MR) is 321 cm³/mol. The zero-order valence-corrected chi connectivity index (χ0v) is 46.6. The first kappa shape index (κ1) is 68.0. The van der Waals surface area contributed by atoms with Crippen LogP contribution in [0, 0.1) is 0 Å². The van der Waals surface area contributed by atoms with E-state index in [1.165, 1.54) is 109 Å². The van der Waals surface area contributed by atoms with Crippen molar-refractivity contribution in [3.63, 3.8) is 0 Å². The van der Waals surface area contributed by atoms with Gasteiger partial charge < -0.3 is 15.5 Å². The fraction of sp³-hybridized carbons (Fsp3) is 0.603. The summed E-state index contributed by atoms with van der Waals surface area (Å²) < 4.78 is 0. The van der Waals surface area contributed by atoms with Gasteiger partial charge in [-0.05, 0) is 116 Å².